The van der Waals surface area contributed by atoms with Crippen molar-refractivity contribution < 1.29 is 121 Å². The Morgan fingerprint density at radius 3 is 1.15 bits per heavy atom. The second kappa shape index (κ2) is 53.3. The molecule has 3 aromatic carbocycles. The van der Waals surface area contributed by atoms with E-state index in [2.05, 4.69) is 69.7 Å². The first kappa shape index (κ1) is 120. The molecule has 3 saturated heterocycles. The molecule has 3 saturated carbocycles. The smallest absolute Gasteiger partial charge is 0.411 e. The number of aliphatic hydroxyl groups is 2. The number of nitrogens with two attached hydrogens (primary N) is 1. The number of aromatic nitrogens is 3. The van der Waals surface area contributed by atoms with Crippen LogP contribution in [0, 0.1) is 10.8 Å². The van der Waals surface area contributed by atoms with Gasteiger partial charge in [-0.2, -0.15) is 0 Å². The number of rotatable bonds is 36. The molecular weight excluding hydrogens is 1910 g/mol. The van der Waals surface area contributed by atoms with Gasteiger partial charge in [-0.1, -0.05) is 101 Å². The molecule has 6 aromatic rings. The van der Waals surface area contributed by atoms with E-state index in [1.807, 2.05) is 137 Å². The number of fused-ring (bicyclic) bond motifs is 3. The SMILES string of the molecule is CC(C)(C)NC(=O)N[C@H](C(=O)O)C(C)(C)C.CCCC[C@H](N)C(O)C(=O)NC1CC1.CCCC[C@H](NC(=O)C1C[C@@H](Oc2nccc3cc(OC)ccc23)CN1C(=O)OC(C)(C)C)C(O)C(=O)NC1CC1.CCCC[C@H](NC(=O)C1C[C@@H](Oc2nccc3cc(OC)ccc23)CN1C(=O)[C@@H](NC(=O)NC(C)(C)C)C(C)(C)C)C(=O)C(=O)NC1CC1.COc1ccc2c(O[C@@H]3C[C@@H](C(=O)O)N(C(=O)OC(C)(C)C)C3)nccc2c1. The van der Waals surface area contributed by atoms with Crippen molar-refractivity contribution in [3.05, 3.63) is 91.4 Å². The van der Waals surface area contributed by atoms with Gasteiger partial charge in [0.05, 0.1) is 53.0 Å². The Kier molecular flexibility index (Phi) is 43.3. The molecule has 6 aliphatic rings. The van der Waals surface area contributed by atoms with Crippen LogP contribution in [0.5, 0.6) is 34.9 Å². The van der Waals surface area contributed by atoms with Crippen LogP contribution in [0.4, 0.5) is 19.2 Å². The van der Waals surface area contributed by atoms with Gasteiger partial charge in [0.1, 0.15) is 83.1 Å². The van der Waals surface area contributed by atoms with Crippen molar-refractivity contribution in [2.24, 2.45) is 16.6 Å². The van der Waals surface area contributed by atoms with E-state index in [9.17, 15) is 77.6 Å². The summed E-state index contributed by atoms with van der Waals surface area (Å²) in [5.41, 5.74) is 2.01. The fourth-order valence-corrected chi connectivity index (χ4v) is 16.3. The zero-order valence-corrected chi connectivity index (χ0v) is 90.4. The molecule has 12 amide bonds. The molecule has 6 heterocycles. The molecule has 818 valence electrons. The number of hydrogen-bond donors (Lipinski definition) is 14. The van der Waals surface area contributed by atoms with E-state index in [4.69, 9.17) is 48.7 Å². The summed E-state index contributed by atoms with van der Waals surface area (Å²) in [6.07, 6.45) is 11.6. The monoisotopic (exact) mass is 2070 g/mol. The zero-order valence-electron chi connectivity index (χ0n) is 90.4. The number of nitrogens with one attached hydrogen (secondary N) is 9. The topological polar surface area (TPSA) is 559 Å². The standard InChI is InChI=1S/C36H52N6O7.C30H42N4O7.C20H24N2O6.C11H22N2O3.C10H20N2O2/c1-9-10-11-26(28(43)31(45)38-22-12-13-22)39-30(44)27-19-24(49-32-25-15-14-23(48-8)18-21(25)16-17-37-32)20-42(27)33(46)29(35(2,3)4)40-34(47)41-36(5,6)7;1-6-7-8-23(25(35)27(37)32-19-9-10-19)33-26(36)24-16-21(17-34(24)29(38)41-30(2,3)4)40-28-22-12-11-20(39-5)15-18(22)13-14-31-28;1-20(2,3)28-19(25)22-11-14(10-16(22)18(23)24)27-17-15-6-5-13(26-4)9-12(15)7-8-21-17;1-10(2,3)7(8(14)15)12-9(16)13-11(4,5)6;1-2-3-4-8(11)9(13)10(14)12-7-5-6-7/h14-18,22,24,26-27,29H,9-13,19-20H2,1-8H3,(H,38,45)(H,39,44)(H2,40,41,47);11-15,19,21,23-25,35H,6-10,16-17H2,1-5H3,(H,32,37)(H,33,36);5-9,14,16H,10-11H2,1-4H3,(H,23,24);7H,1-6H3,(H,14,15)(H2,12,13,16);7-9,13H,2-6,11H2,1H3,(H,12,14)/t24-,26+,27?,29-;21-,23+,24?,25?;14-,16+;7-;8-,9?/m11110/s1. The third-order valence-electron chi connectivity index (χ3n) is 24.5. The molecule has 41 heteroatoms. The van der Waals surface area contributed by atoms with E-state index >= 15 is 0 Å². The minimum atomic E-state index is -1.40. The van der Waals surface area contributed by atoms with Crippen LogP contribution in [0.25, 0.3) is 32.3 Å². The van der Waals surface area contributed by atoms with Crippen LogP contribution in [0.15, 0.2) is 91.4 Å². The number of benzene rings is 3. The molecule has 12 rings (SSSR count). The van der Waals surface area contributed by atoms with E-state index < -0.39 is 178 Å². The van der Waals surface area contributed by atoms with Crippen LogP contribution in [0.2, 0.25) is 0 Å². The summed E-state index contributed by atoms with van der Waals surface area (Å²) >= 11 is 0. The Labute approximate surface area is 867 Å². The Bertz CT molecular complexity index is 5540. The number of amides is 12. The van der Waals surface area contributed by atoms with Crippen LogP contribution in [-0.2, 0) is 52.6 Å². The number of hydrogen-bond acceptors (Lipinski definition) is 27. The number of aliphatic hydroxyl groups excluding tert-OH is 2. The number of carboxylic acids is 2. The summed E-state index contributed by atoms with van der Waals surface area (Å²) in [5.74, 6) is -2.67. The number of unbranched alkanes of at least 4 members (excludes halogenated alkanes) is 3. The molecule has 0 bridgehead atoms. The third-order valence-corrected chi connectivity index (χ3v) is 24.5. The minimum absolute atomic E-state index is 0.0130. The first-order valence-corrected chi connectivity index (χ1v) is 51.1. The molecule has 3 aromatic heterocycles. The van der Waals surface area contributed by atoms with E-state index in [1.54, 1.807) is 114 Å². The Hall–Kier alpha value is -12.9. The molecule has 3 aliphatic heterocycles. The Morgan fingerprint density at radius 2 is 0.784 bits per heavy atom. The van der Waals surface area contributed by atoms with Crippen LogP contribution in [0.3, 0.4) is 0 Å². The first-order valence-electron chi connectivity index (χ1n) is 51.1. The molecule has 0 spiro atoms. The van der Waals surface area contributed by atoms with Gasteiger partial charge in [-0.3, -0.25) is 43.4 Å². The lowest BCUT2D eigenvalue weighted by atomic mass is 9.85. The third kappa shape index (κ3) is 38.0. The number of ketones is 1. The van der Waals surface area contributed by atoms with E-state index in [-0.39, 0.29) is 74.9 Å². The molecule has 15 N–H and O–H groups in total. The number of carbonyl (C=O) groups is 13. The zero-order chi connectivity index (χ0) is 110. The molecule has 6 fully saturated rings. The Balaban J connectivity index is 0.000000242. The number of ether oxygens (including phenoxy) is 8. The van der Waals surface area contributed by atoms with E-state index in [1.165, 1.54) is 14.7 Å². The fraction of sp³-hybridized carbons (Fsp3) is 0.626. The number of pyridine rings is 3. The van der Waals surface area contributed by atoms with Gasteiger partial charge in [0.15, 0.2) is 6.10 Å². The number of urea groups is 2. The van der Waals surface area contributed by atoms with Crippen molar-refractivity contribution in [1.82, 2.24) is 77.5 Å². The average Bonchev–Trinajstić information content (AvgIpc) is 1.70. The highest BCUT2D eigenvalue weighted by Crippen LogP contribution is 2.37. The summed E-state index contributed by atoms with van der Waals surface area (Å²) < 4.78 is 45.5. The highest BCUT2D eigenvalue weighted by Gasteiger charge is 2.50. The number of Topliss-reactive ketones (excluding diaryl/α,β-unsaturated/α-hetero) is 1. The fourth-order valence-electron chi connectivity index (χ4n) is 16.3. The lowest BCUT2D eigenvalue weighted by molar-refractivity contribution is -0.144. The quantitative estimate of drug-likeness (QED) is 0.0162. The highest BCUT2D eigenvalue weighted by atomic mass is 16.6. The second-order valence-corrected chi connectivity index (χ2v) is 44.6. The van der Waals surface area contributed by atoms with Crippen molar-refractivity contribution in [3.8, 4) is 34.9 Å². The summed E-state index contributed by atoms with van der Waals surface area (Å²) in [6, 6.07) is 14.3. The molecule has 0 radical (unpaired) electrons. The van der Waals surface area contributed by atoms with Gasteiger partial charge in [-0.25, -0.2) is 43.7 Å². The van der Waals surface area contributed by atoms with Crippen molar-refractivity contribution in [2.75, 3.05) is 41.0 Å². The largest absolute Gasteiger partial charge is 0.497 e. The maximum atomic E-state index is 14.4. The molecule has 3 aliphatic carbocycles. The van der Waals surface area contributed by atoms with Crippen molar-refractivity contribution in [1.29, 1.82) is 0 Å². The molecule has 41 nitrogen and oxygen atoms in total. The number of carboxylic acid groups (broad SMARTS) is 2. The van der Waals surface area contributed by atoms with Crippen molar-refractivity contribution in [2.45, 2.75) is 380 Å². The van der Waals surface area contributed by atoms with Crippen molar-refractivity contribution >= 4 is 110 Å². The molecule has 148 heavy (non-hydrogen) atoms. The molecule has 13 atom stereocenters. The van der Waals surface area contributed by atoms with Gasteiger partial charge in [-0.05, 0) is 241 Å². The maximum absolute atomic E-state index is 14.4. The Morgan fingerprint density at radius 1 is 0.432 bits per heavy atom. The van der Waals surface area contributed by atoms with Crippen LogP contribution in [0.1, 0.15) is 261 Å². The van der Waals surface area contributed by atoms with E-state index in [0.29, 0.717) is 60.6 Å². The molecule has 4 unspecified atom stereocenters. The normalized spacial score (nSPS) is 19.1. The number of aliphatic carboxylic acids is 2. The van der Waals surface area contributed by atoms with Gasteiger partial charge in [-0.15, -0.1) is 0 Å². The maximum Gasteiger partial charge on any atom is 0.411 e. The summed E-state index contributed by atoms with van der Waals surface area (Å²) in [7, 11) is 4.77. The number of carbonyl (C=O) groups excluding carboxylic acids is 11. The van der Waals surface area contributed by atoms with Gasteiger partial charge >= 0.3 is 36.2 Å². The first-order chi connectivity index (χ1) is 69.2. The average molecular weight is 2070 g/mol. The lowest BCUT2D eigenvalue weighted by Crippen LogP contribution is -2.61. The second-order valence-electron chi connectivity index (χ2n) is 44.6. The summed E-state index contributed by atoms with van der Waals surface area (Å²) in [5, 5.41) is 68.5. The summed E-state index contributed by atoms with van der Waals surface area (Å²) in [6.45, 7) is 38.5. The molecular formula is C107H160N16O25. The predicted octanol–water partition coefficient (Wildman–Crippen LogP) is 11.8. The van der Waals surface area contributed by atoms with Crippen LogP contribution >= 0.6 is 0 Å². The number of nitrogens with zero attached hydrogens (tertiary/aromatic N) is 6. The van der Waals surface area contributed by atoms with Crippen LogP contribution in [-0.4, -0.2) is 288 Å². The van der Waals surface area contributed by atoms with Gasteiger partial charge in [0, 0.05) is 89.3 Å². The van der Waals surface area contributed by atoms with Gasteiger partial charge in [0.2, 0.25) is 41.1 Å². The van der Waals surface area contributed by atoms with Crippen LogP contribution < -0.4 is 82.0 Å². The van der Waals surface area contributed by atoms with Gasteiger partial charge < -0.3 is 117 Å². The predicted molar refractivity (Wildman–Crippen MR) is 556 cm³/mol. The van der Waals surface area contributed by atoms with E-state index in [0.717, 1.165) is 96.5 Å². The highest BCUT2D eigenvalue weighted by molar-refractivity contribution is 6.38. The minimum Gasteiger partial charge on any atom is -0.497 e. The lowest BCUT2D eigenvalue weighted by Gasteiger charge is -2.36. The number of methoxy groups -OCH3 is 3. The summed E-state index contributed by atoms with van der Waals surface area (Å²) in [4.78, 5) is 182. The van der Waals surface area contributed by atoms with Crippen molar-refractivity contribution in [3.63, 3.8) is 0 Å². The number of likely N-dealkylation sites (tertiary alicyclic amines) is 3. The van der Waals surface area contributed by atoms with Gasteiger partial charge in [0.25, 0.3) is 17.7 Å².